The van der Waals surface area contributed by atoms with Gasteiger partial charge in [0.05, 0.1) is 24.3 Å². The van der Waals surface area contributed by atoms with Crippen LogP contribution >= 0.6 is 0 Å². The smallest absolute Gasteiger partial charge is 0.0997 e. The molecule has 4 heteroatoms. The summed E-state index contributed by atoms with van der Waals surface area (Å²) < 4.78 is 2.10. The first-order chi connectivity index (χ1) is 8.40. The molecule has 0 atom stereocenters. The lowest BCUT2D eigenvalue weighted by Crippen LogP contribution is -2.08. The summed E-state index contributed by atoms with van der Waals surface area (Å²) in [7, 11) is 0. The summed E-state index contributed by atoms with van der Waals surface area (Å²) in [6.07, 6.45) is 9.93. The summed E-state index contributed by atoms with van der Waals surface area (Å²) in [6, 6.07) is 1.93. The van der Waals surface area contributed by atoms with Crippen LogP contribution in [0.4, 0.5) is 0 Å². The van der Waals surface area contributed by atoms with Crippen molar-refractivity contribution in [3.63, 3.8) is 0 Å². The van der Waals surface area contributed by atoms with Gasteiger partial charge in [0.15, 0.2) is 0 Å². The molecule has 1 aliphatic carbocycles. The van der Waals surface area contributed by atoms with E-state index in [2.05, 4.69) is 14.5 Å². The van der Waals surface area contributed by atoms with Crippen LogP contribution in [-0.4, -0.2) is 19.6 Å². The number of aromatic nitrogens is 3. The van der Waals surface area contributed by atoms with Gasteiger partial charge in [-0.1, -0.05) is 0 Å². The highest BCUT2D eigenvalue weighted by molar-refractivity contribution is 5.41. The highest BCUT2D eigenvalue weighted by Gasteiger charge is 2.17. The van der Waals surface area contributed by atoms with Crippen molar-refractivity contribution in [1.82, 2.24) is 14.5 Å². The highest BCUT2D eigenvalue weighted by Crippen LogP contribution is 2.24. The number of hydrogen-bond donors (Lipinski definition) is 1. The zero-order valence-electron chi connectivity index (χ0n) is 9.63. The van der Waals surface area contributed by atoms with E-state index in [4.69, 9.17) is 0 Å². The maximum Gasteiger partial charge on any atom is 0.0997 e. The Morgan fingerprint density at radius 1 is 1.29 bits per heavy atom. The van der Waals surface area contributed by atoms with E-state index >= 15 is 0 Å². The largest absolute Gasteiger partial charge is 0.392 e. The lowest BCUT2D eigenvalue weighted by atomic mass is 10.0. The molecule has 0 amide bonds. The lowest BCUT2D eigenvalue weighted by Gasteiger charge is -2.15. The molecule has 2 heterocycles. The van der Waals surface area contributed by atoms with E-state index in [-0.39, 0.29) is 6.61 Å². The molecule has 17 heavy (non-hydrogen) atoms. The molecule has 0 bridgehead atoms. The minimum Gasteiger partial charge on any atom is -0.392 e. The summed E-state index contributed by atoms with van der Waals surface area (Å²) in [4.78, 5) is 8.51. The predicted octanol–water partition coefficient (Wildman–Crippen LogP) is 1.64. The molecule has 0 aromatic carbocycles. The summed E-state index contributed by atoms with van der Waals surface area (Å²) in [5, 5.41) is 9.35. The van der Waals surface area contributed by atoms with Crippen LogP contribution in [0.25, 0.3) is 5.69 Å². The summed E-state index contributed by atoms with van der Waals surface area (Å²) in [5.74, 6) is 0. The van der Waals surface area contributed by atoms with E-state index in [1.165, 1.54) is 24.2 Å². The molecule has 2 aromatic rings. The molecule has 2 aromatic heterocycles. The van der Waals surface area contributed by atoms with Gasteiger partial charge in [-0.25, -0.2) is 4.98 Å². The maximum absolute atomic E-state index is 9.35. The van der Waals surface area contributed by atoms with E-state index < -0.39 is 0 Å². The van der Waals surface area contributed by atoms with Crippen LogP contribution in [0.15, 0.2) is 24.8 Å². The average molecular weight is 229 g/mol. The second-order valence-corrected chi connectivity index (χ2v) is 4.38. The fraction of sp³-hybridized carbons (Fsp3) is 0.385. The van der Waals surface area contributed by atoms with E-state index in [1.807, 2.05) is 12.4 Å². The Morgan fingerprint density at radius 3 is 3.06 bits per heavy atom. The van der Waals surface area contributed by atoms with Gasteiger partial charge >= 0.3 is 0 Å². The zero-order chi connectivity index (χ0) is 11.7. The quantitative estimate of drug-likeness (QED) is 0.851. The van der Waals surface area contributed by atoms with Crippen molar-refractivity contribution in [3.8, 4) is 5.69 Å². The standard InChI is InChI=1S/C13H15N3O/c17-8-10-7-14-6-5-12(10)16-9-15-11-3-1-2-4-13(11)16/h5-7,9,17H,1-4,8H2. The number of hydrogen-bond acceptors (Lipinski definition) is 3. The van der Waals surface area contributed by atoms with Gasteiger partial charge in [0, 0.05) is 23.7 Å². The molecule has 3 rings (SSSR count). The first-order valence-electron chi connectivity index (χ1n) is 5.99. The third-order valence-electron chi connectivity index (χ3n) is 3.34. The van der Waals surface area contributed by atoms with Crippen LogP contribution in [0.5, 0.6) is 0 Å². The molecule has 4 nitrogen and oxygen atoms in total. The third kappa shape index (κ3) is 1.74. The Labute approximate surface area is 100.0 Å². The van der Waals surface area contributed by atoms with Gasteiger partial charge in [-0.3, -0.25) is 4.98 Å². The molecular weight excluding hydrogens is 214 g/mol. The normalized spacial score (nSPS) is 14.6. The number of fused-ring (bicyclic) bond motifs is 1. The van der Waals surface area contributed by atoms with Crippen molar-refractivity contribution >= 4 is 0 Å². The SMILES string of the molecule is OCc1cnccc1-n1cnc2c1CCCC2. The van der Waals surface area contributed by atoms with Gasteiger partial charge in [0.2, 0.25) is 0 Å². The van der Waals surface area contributed by atoms with Crippen molar-refractivity contribution in [1.29, 1.82) is 0 Å². The number of rotatable bonds is 2. The Bertz CT molecular complexity index is 533. The molecule has 0 fully saturated rings. The molecular formula is C13H15N3O. The zero-order valence-corrected chi connectivity index (χ0v) is 9.63. The van der Waals surface area contributed by atoms with Crippen LogP contribution in [0.3, 0.4) is 0 Å². The molecule has 1 N–H and O–H groups in total. The second-order valence-electron chi connectivity index (χ2n) is 4.38. The summed E-state index contributed by atoms with van der Waals surface area (Å²) in [5.41, 5.74) is 4.34. The monoisotopic (exact) mass is 229 g/mol. The van der Waals surface area contributed by atoms with Gasteiger partial charge in [-0.15, -0.1) is 0 Å². The van der Waals surface area contributed by atoms with E-state index in [9.17, 15) is 5.11 Å². The van der Waals surface area contributed by atoms with Crippen molar-refractivity contribution in [2.45, 2.75) is 32.3 Å². The van der Waals surface area contributed by atoms with Gasteiger partial charge in [0.25, 0.3) is 0 Å². The molecule has 0 spiro atoms. The van der Waals surface area contributed by atoms with Gasteiger partial charge < -0.3 is 9.67 Å². The van der Waals surface area contributed by atoms with Crippen molar-refractivity contribution < 1.29 is 5.11 Å². The number of nitrogens with zero attached hydrogens (tertiary/aromatic N) is 3. The second kappa shape index (κ2) is 4.30. The number of aliphatic hydroxyl groups excluding tert-OH is 1. The van der Waals surface area contributed by atoms with Crippen molar-refractivity contribution in [2.24, 2.45) is 0 Å². The van der Waals surface area contributed by atoms with Crippen molar-refractivity contribution in [3.05, 3.63) is 41.7 Å². The first kappa shape index (κ1) is 10.5. The Morgan fingerprint density at radius 2 is 2.18 bits per heavy atom. The lowest BCUT2D eigenvalue weighted by molar-refractivity contribution is 0.281. The van der Waals surface area contributed by atoms with Gasteiger partial charge in [0.1, 0.15) is 0 Å². The van der Waals surface area contributed by atoms with Gasteiger partial charge in [-0.05, 0) is 31.7 Å². The Kier molecular flexibility index (Phi) is 2.65. The third-order valence-corrected chi connectivity index (χ3v) is 3.34. The minimum atomic E-state index is 0.0100. The molecule has 0 aliphatic heterocycles. The number of imidazole rings is 1. The molecule has 1 aliphatic rings. The summed E-state index contributed by atoms with van der Waals surface area (Å²) >= 11 is 0. The van der Waals surface area contributed by atoms with Crippen LogP contribution in [0.1, 0.15) is 29.8 Å². The first-order valence-corrected chi connectivity index (χ1v) is 5.99. The number of aryl methyl sites for hydroxylation is 1. The Balaban J connectivity index is 2.12. The van der Waals surface area contributed by atoms with E-state index in [1.54, 1.807) is 12.4 Å². The van der Waals surface area contributed by atoms with Crippen LogP contribution in [-0.2, 0) is 19.4 Å². The Hall–Kier alpha value is -1.68. The van der Waals surface area contributed by atoms with Crippen LogP contribution in [0.2, 0.25) is 0 Å². The summed E-state index contributed by atoms with van der Waals surface area (Å²) in [6.45, 7) is 0.0100. The minimum absolute atomic E-state index is 0.0100. The van der Waals surface area contributed by atoms with Crippen LogP contribution < -0.4 is 0 Å². The maximum atomic E-state index is 9.35. The molecule has 0 radical (unpaired) electrons. The predicted molar refractivity (Wildman–Crippen MR) is 63.9 cm³/mol. The topological polar surface area (TPSA) is 50.9 Å². The van der Waals surface area contributed by atoms with Gasteiger partial charge in [-0.2, -0.15) is 0 Å². The fourth-order valence-electron chi connectivity index (χ4n) is 2.45. The van der Waals surface area contributed by atoms with Crippen LogP contribution in [0, 0.1) is 0 Å². The fourth-order valence-corrected chi connectivity index (χ4v) is 2.45. The molecule has 88 valence electrons. The number of pyridine rings is 1. The van der Waals surface area contributed by atoms with E-state index in [0.29, 0.717) is 0 Å². The molecule has 0 saturated heterocycles. The van der Waals surface area contributed by atoms with Crippen molar-refractivity contribution in [2.75, 3.05) is 0 Å². The van der Waals surface area contributed by atoms with E-state index in [0.717, 1.165) is 24.1 Å². The number of aliphatic hydroxyl groups is 1. The average Bonchev–Trinajstić information content (AvgIpc) is 2.82. The molecule has 0 unspecified atom stereocenters. The molecule has 0 saturated carbocycles. The highest BCUT2D eigenvalue weighted by atomic mass is 16.3.